The molecule has 24 heavy (non-hydrogen) atoms. The number of aryl methyl sites for hydroxylation is 1. The first-order valence-electron chi connectivity index (χ1n) is 7.79. The Bertz CT molecular complexity index is 716. The van der Waals surface area contributed by atoms with Crippen molar-refractivity contribution in [3.63, 3.8) is 0 Å². The molecular formula is C19H20BrNO3. The Morgan fingerprint density at radius 1 is 1.17 bits per heavy atom. The van der Waals surface area contributed by atoms with E-state index in [4.69, 9.17) is 4.74 Å². The van der Waals surface area contributed by atoms with Crippen LogP contribution in [0.5, 0.6) is 0 Å². The molecule has 126 valence electrons. The number of esters is 1. The van der Waals surface area contributed by atoms with Crippen molar-refractivity contribution in [2.75, 3.05) is 11.9 Å². The Labute approximate surface area is 150 Å². The number of rotatable bonds is 6. The Balaban J connectivity index is 1.90. The lowest BCUT2D eigenvalue weighted by atomic mass is 9.97. The van der Waals surface area contributed by atoms with E-state index in [1.54, 1.807) is 6.07 Å². The van der Waals surface area contributed by atoms with Crippen LogP contribution in [0.3, 0.4) is 0 Å². The predicted octanol–water partition coefficient (Wildman–Crippen LogP) is 4.43. The zero-order valence-corrected chi connectivity index (χ0v) is 15.3. The molecular weight excluding hydrogens is 370 g/mol. The van der Waals surface area contributed by atoms with Gasteiger partial charge < -0.3 is 10.1 Å². The number of carbonyl (C=O) groups is 2. The van der Waals surface area contributed by atoms with Crippen molar-refractivity contribution < 1.29 is 14.3 Å². The van der Waals surface area contributed by atoms with E-state index in [0.29, 0.717) is 12.1 Å². The summed E-state index contributed by atoms with van der Waals surface area (Å²) in [7, 11) is 0. The molecule has 2 rings (SSSR count). The molecule has 0 fully saturated rings. The minimum Gasteiger partial charge on any atom is -0.455 e. The minimum atomic E-state index is -0.383. The van der Waals surface area contributed by atoms with E-state index in [1.807, 2.05) is 56.3 Å². The zero-order valence-electron chi connectivity index (χ0n) is 13.7. The summed E-state index contributed by atoms with van der Waals surface area (Å²) in [6.45, 7) is 3.56. The molecule has 0 saturated heterocycles. The van der Waals surface area contributed by atoms with Gasteiger partial charge in [0, 0.05) is 10.2 Å². The largest absolute Gasteiger partial charge is 0.455 e. The molecule has 2 aromatic rings. The molecule has 1 atom stereocenters. The number of hydrogen-bond donors (Lipinski definition) is 1. The molecule has 0 aliphatic rings. The van der Waals surface area contributed by atoms with Crippen LogP contribution in [0.4, 0.5) is 5.69 Å². The van der Waals surface area contributed by atoms with E-state index in [2.05, 4.69) is 21.2 Å². The van der Waals surface area contributed by atoms with Crippen molar-refractivity contribution in [1.29, 1.82) is 0 Å². The number of carbonyl (C=O) groups excluding carboxylic acids is 2. The van der Waals surface area contributed by atoms with Crippen LogP contribution in [0.15, 0.2) is 53.0 Å². The Hall–Kier alpha value is -2.14. The van der Waals surface area contributed by atoms with Crippen molar-refractivity contribution in [3.8, 4) is 0 Å². The average molecular weight is 390 g/mol. The van der Waals surface area contributed by atoms with Crippen LogP contribution in [0.1, 0.15) is 30.4 Å². The Morgan fingerprint density at radius 3 is 2.50 bits per heavy atom. The lowest BCUT2D eigenvalue weighted by molar-refractivity contribution is -0.149. The van der Waals surface area contributed by atoms with Crippen molar-refractivity contribution >= 4 is 33.5 Å². The van der Waals surface area contributed by atoms with Gasteiger partial charge in [-0.2, -0.15) is 0 Å². The molecule has 0 aliphatic carbocycles. The molecule has 0 aliphatic heterocycles. The van der Waals surface area contributed by atoms with Crippen molar-refractivity contribution in [1.82, 2.24) is 0 Å². The summed E-state index contributed by atoms with van der Waals surface area (Å²) in [6, 6.07) is 14.9. The lowest BCUT2D eigenvalue weighted by Crippen LogP contribution is -2.23. The van der Waals surface area contributed by atoms with Gasteiger partial charge in [-0.05, 0) is 42.7 Å². The molecule has 0 bridgehead atoms. The maximum atomic E-state index is 12.2. The molecule has 5 heteroatoms. The topological polar surface area (TPSA) is 55.4 Å². The molecule has 0 spiro atoms. The molecule has 1 amide bonds. The monoisotopic (exact) mass is 389 g/mol. The first-order chi connectivity index (χ1) is 11.5. The molecule has 0 heterocycles. The fourth-order valence-corrected chi connectivity index (χ4v) is 2.63. The maximum absolute atomic E-state index is 12.2. The quantitative estimate of drug-likeness (QED) is 0.743. The lowest BCUT2D eigenvalue weighted by Gasteiger charge is -2.14. The highest BCUT2D eigenvalue weighted by molar-refractivity contribution is 9.10. The number of anilines is 1. The summed E-state index contributed by atoms with van der Waals surface area (Å²) in [5.74, 6) is -1.09. The van der Waals surface area contributed by atoms with E-state index < -0.39 is 0 Å². The summed E-state index contributed by atoms with van der Waals surface area (Å²) >= 11 is 3.41. The van der Waals surface area contributed by atoms with Gasteiger partial charge >= 0.3 is 5.97 Å². The van der Waals surface area contributed by atoms with Crippen LogP contribution in [0, 0.1) is 6.92 Å². The minimum absolute atomic E-state index is 0.294. The van der Waals surface area contributed by atoms with Crippen molar-refractivity contribution in [3.05, 3.63) is 64.1 Å². The van der Waals surface area contributed by atoms with Gasteiger partial charge in [-0.15, -0.1) is 0 Å². The first-order valence-corrected chi connectivity index (χ1v) is 8.58. The SMILES string of the molecule is CC[C@@H](C(=O)OCC(=O)Nc1ccc(Br)c(C)c1)c1ccccc1. The highest BCUT2D eigenvalue weighted by atomic mass is 79.9. The Kier molecular flexibility index (Phi) is 6.55. The summed E-state index contributed by atoms with van der Waals surface area (Å²) in [6.07, 6.45) is 0.621. The van der Waals surface area contributed by atoms with E-state index in [9.17, 15) is 9.59 Å². The molecule has 1 N–H and O–H groups in total. The van der Waals surface area contributed by atoms with E-state index in [0.717, 1.165) is 15.6 Å². The third kappa shape index (κ3) is 4.93. The standard InChI is InChI=1S/C19H20BrNO3/c1-3-16(14-7-5-4-6-8-14)19(23)24-12-18(22)21-15-9-10-17(20)13(2)11-15/h4-11,16H,3,12H2,1-2H3,(H,21,22)/t16-/m1/s1. The fraction of sp³-hybridized carbons (Fsp3) is 0.263. The van der Waals surface area contributed by atoms with Crippen LogP contribution < -0.4 is 5.32 Å². The number of amides is 1. The van der Waals surface area contributed by atoms with Crippen LogP contribution in [0.2, 0.25) is 0 Å². The van der Waals surface area contributed by atoms with Gasteiger partial charge in [0.15, 0.2) is 6.61 Å². The van der Waals surface area contributed by atoms with Gasteiger partial charge in [0.1, 0.15) is 0 Å². The summed E-state index contributed by atoms with van der Waals surface area (Å²) in [5, 5.41) is 2.73. The molecule has 2 aromatic carbocycles. The van der Waals surface area contributed by atoms with E-state index >= 15 is 0 Å². The van der Waals surface area contributed by atoms with E-state index in [1.165, 1.54) is 0 Å². The first kappa shape index (κ1) is 18.2. The van der Waals surface area contributed by atoms with Gasteiger partial charge in [0.25, 0.3) is 5.91 Å². The number of nitrogens with one attached hydrogen (secondary N) is 1. The van der Waals surface area contributed by atoms with Gasteiger partial charge in [0.05, 0.1) is 5.92 Å². The number of benzene rings is 2. The summed E-state index contributed by atoms with van der Waals surface area (Å²) in [4.78, 5) is 24.2. The number of hydrogen-bond acceptors (Lipinski definition) is 3. The van der Waals surface area contributed by atoms with Crippen LogP contribution in [-0.4, -0.2) is 18.5 Å². The normalized spacial score (nSPS) is 11.6. The van der Waals surface area contributed by atoms with Crippen LogP contribution in [-0.2, 0) is 14.3 Å². The predicted molar refractivity (Wildman–Crippen MR) is 97.9 cm³/mol. The third-order valence-corrected chi connectivity index (χ3v) is 4.57. The van der Waals surface area contributed by atoms with Gasteiger partial charge in [0.2, 0.25) is 0 Å². The average Bonchev–Trinajstić information content (AvgIpc) is 2.58. The number of ether oxygens (including phenoxy) is 1. The van der Waals surface area contributed by atoms with Gasteiger partial charge in [-0.25, -0.2) is 0 Å². The maximum Gasteiger partial charge on any atom is 0.313 e. The van der Waals surface area contributed by atoms with E-state index in [-0.39, 0.29) is 24.4 Å². The molecule has 0 saturated carbocycles. The van der Waals surface area contributed by atoms with Crippen LogP contribution >= 0.6 is 15.9 Å². The van der Waals surface area contributed by atoms with Gasteiger partial charge in [-0.3, -0.25) is 9.59 Å². The molecule has 0 aromatic heterocycles. The van der Waals surface area contributed by atoms with Crippen LogP contribution in [0.25, 0.3) is 0 Å². The Morgan fingerprint density at radius 2 is 1.88 bits per heavy atom. The van der Waals surface area contributed by atoms with Crippen molar-refractivity contribution in [2.24, 2.45) is 0 Å². The fourth-order valence-electron chi connectivity index (χ4n) is 2.38. The molecule has 4 nitrogen and oxygen atoms in total. The second kappa shape index (κ2) is 8.64. The highest BCUT2D eigenvalue weighted by Gasteiger charge is 2.20. The van der Waals surface area contributed by atoms with Crippen molar-refractivity contribution in [2.45, 2.75) is 26.2 Å². The van der Waals surface area contributed by atoms with Gasteiger partial charge in [-0.1, -0.05) is 53.2 Å². The zero-order chi connectivity index (χ0) is 17.5. The highest BCUT2D eigenvalue weighted by Crippen LogP contribution is 2.21. The third-order valence-electron chi connectivity index (χ3n) is 3.68. The second-order valence-electron chi connectivity index (χ2n) is 5.49. The summed E-state index contributed by atoms with van der Waals surface area (Å²) in [5.41, 5.74) is 2.58. The molecule has 0 unspecified atom stereocenters. The number of halogens is 1. The second-order valence-corrected chi connectivity index (χ2v) is 6.35. The summed E-state index contributed by atoms with van der Waals surface area (Å²) < 4.78 is 6.15. The molecule has 0 radical (unpaired) electrons. The smallest absolute Gasteiger partial charge is 0.313 e.